The number of rotatable bonds is 1. The smallest absolute Gasteiger partial charge is 0.152 e. The van der Waals surface area contributed by atoms with Crippen molar-refractivity contribution < 1.29 is 9.18 Å². The van der Waals surface area contributed by atoms with Crippen LogP contribution in [0.1, 0.15) is 15.9 Å². The van der Waals surface area contributed by atoms with Crippen molar-refractivity contribution in [1.29, 1.82) is 0 Å². The maximum Gasteiger partial charge on any atom is 0.152 e. The summed E-state index contributed by atoms with van der Waals surface area (Å²) in [5.41, 5.74) is 0.939. The highest BCUT2D eigenvalue weighted by molar-refractivity contribution is 5.75. The topological polar surface area (TPSA) is 17.1 Å². The average Bonchev–Trinajstić information content (AvgIpc) is 1.88. The normalized spacial score (nSPS) is 9.40. The minimum absolute atomic E-state index is 0.116. The van der Waals surface area contributed by atoms with E-state index in [2.05, 4.69) is 0 Å². The van der Waals surface area contributed by atoms with Crippen LogP contribution in [-0.2, 0) is 0 Å². The molecule has 0 saturated heterocycles. The Bertz CT molecular complexity index is 255. The van der Waals surface area contributed by atoms with Crippen LogP contribution in [0.5, 0.6) is 0 Å². The molecule has 0 aliphatic rings. The fourth-order valence-corrected chi connectivity index (χ4v) is 0.728. The van der Waals surface area contributed by atoms with Gasteiger partial charge in [0.2, 0.25) is 0 Å². The fourth-order valence-electron chi connectivity index (χ4n) is 0.728. The van der Waals surface area contributed by atoms with E-state index < -0.39 is 5.82 Å². The maximum atomic E-state index is 12.6. The third kappa shape index (κ3) is 1.21. The minimum atomic E-state index is -0.449. The molecule has 52 valence electrons. The van der Waals surface area contributed by atoms with E-state index in [0.717, 1.165) is 5.56 Å². The molecule has 0 bridgehead atoms. The van der Waals surface area contributed by atoms with Gasteiger partial charge in [0.05, 0.1) is 5.56 Å². The van der Waals surface area contributed by atoms with Gasteiger partial charge in [0.1, 0.15) is 5.82 Å². The van der Waals surface area contributed by atoms with Crippen molar-refractivity contribution >= 4 is 6.29 Å². The molecule has 0 aliphatic heterocycles. The highest BCUT2D eigenvalue weighted by Crippen LogP contribution is 2.06. The van der Waals surface area contributed by atoms with Crippen molar-refractivity contribution in [3.8, 4) is 0 Å². The Labute approximate surface area is 58.5 Å². The molecule has 0 spiro atoms. The molecule has 0 saturated carbocycles. The first-order valence-corrected chi connectivity index (χ1v) is 2.95. The highest BCUT2D eigenvalue weighted by Gasteiger charge is 1.97. The number of hydrogen-bond donors (Lipinski definition) is 0. The Morgan fingerprint density at radius 2 is 2.20 bits per heavy atom. The van der Waals surface area contributed by atoms with Gasteiger partial charge in [-0.3, -0.25) is 4.79 Å². The second-order valence-electron chi connectivity index (χ2n) is 2.14. The molecule has 0 N–H and O–H groups in total. The van der Waals surface area contributed by atoms with E-state index in [1.54, 1.807) is 13.0 Å². The molecule has 0 aliphatic carbocycles. The van der Waals surface area contributed by atoms with Gasteiger partial charge in [-0.25, -0.2) is 4.39 Å². The first-order valence-electron chi connectivity index (χ1n) is 2.95. The van der Waals surface area contributed by atoms with Crippen molar-refractivity contribution in [1.82, 2.24) is 0 Å². The summed E-state index contributed by atoms with van der Waals surface area (Å²) in [7, 11) is 0. The van der Waals surface area contributed by atoms with Crippen molar-refractivity contribution in [3.05, 3.63) is 35.1 Å². The molecule has 0 heterocycles. The molecule has 1 nitrogen and oxygen atoms in total. The lowest BCUT2D eigenvalue weighted by Gasteiger charge is -1.94. The van der Waals surface area contributed by atoms with Gasteiger partial charge in [-0.15, -0.1) is 0 Å². The first kappa shape index (κ1) is 6.93. The van der Waals surface area contributed by atoms with Crippen molar-refractivity contribution in [2.24, 2.45) is 0 Å². The lowest BCUT2D eigenvalue weighted by molar-refractivity contribution is 0.112. The summed E-state index contributed by atoms with van der Waals surface area (Å²) in [5, 5.41) is 0. The Morgan fingerprint density at radius 3 is 2.70 bits per heavy atom. The number of hydrogen-bond acceptors (Lipinski definition) is 1. The summed E-state index contributed by atoms with van der Waals surface area (Å²) in [4.78, 5) is 10.1. The van der Waals surface area contributed by atoms with E-state index in [4.69, 9.17) is 0 Å². The Kier molecular flexibility index (Phi) is 1.81. The van der Waals surface area contributed by atoms with Crippen LogP contribution in [-0.4, -0.2) is 6.29 Å². The molecule has 1 aromatic carbocycles. The molecule has 0 radical (unpaired) electrons. The van der Waals surface area contributed by atoms with Crippen LogP contribution in [0.25, 0.3) is 0 Å². The van der Waals surface area contributed by atoms with Crippen molar-refractivity contribution in [3.63, 3.8) is 0 Å². The van der Waals surface area contributed by atoms with Crippen LogP contribution < -0.4 is 0 Å². The summed E-state index contributed by atoms with van der Waals surface area (Å²) in [5.74, 6) is -0.449. The molecule has 0 amide bonds. The standard InChI is InChI=1S/C8H7FO/c1-6-2-3-7(5-10)8(9)4-6/h2-5H,1H3/i9-1. The number of carbonyl (C=O) groups is 1. The highest BCUT2D eigenvalue weighted by atomic mass is 18.2. The summed E-state index contributed by atoms with van der Waals surface area (Å²) >= 11 is 0. The summed E-state index contributed by atoms with van der Waals surface area (Å²) in [6, 6.07) is 4.51. The zero-order chi connectivity index (χ0) is 7.56. The Balaban J connectivity index is 3.19. The van der Waals surface area contributed by atoms with Crippen LogP contribution in [0.2, 0.25) is 0 Å². The quantitative estimate of drug-likeness (QED) is 0.540. The van der Waals surface area contributed by atoms with E-state index in [1.165, 1.54) is 12.1 Å². The van der Waals surface area contributed by atoms with Crippen LogP contribution in [0.3, 0.4) is 0 Å². The second kappa shape index (κ2) is 2.60. The molecule has 0 unspecified atom stereocenters. The van der Waals surface area contributed by atoms with E-state index >= 15 is 0 Å². The van der Waals surface area contributed by atoms with Gasteiger partial charge in [0.25, 0.3) is 0 Å². The zero-order valence-electron chi connectivity index (χ0n) is 5.60. The summed E-state index contributed by atoms with van der Waals surface area (Å²) in [6.45, 7) is 1.78. The molecule has 1 rings (SSSR count). The van der Waals surface area contributed by atoms with Gasteiger partial charge >= 0.3 is 0 Å². The van der Waals surface area contributed by atoms with Crippen molar-refractivity contribution in [2.45, 2.75) is 6.92 Å². The van der Waals surface area contributed by atoms with Gasteiger partial charge in [-0.2, -0.15) is 0 Å². The van der Waals surface area contributed by atoms with Gasteiger partial charge < -0.3 is 0 Å². The predicted molar refractivity (Wildman–Crippen MR) is 36.5 cm³/mol. The SMILES string of the molecule is Cc1ccc(C=O)c([18F])c1. The zero-order valence-corrected chi connectivity index (χ0v) is 5.60. The summed E-state index contributed by atoms with van der Waals surface area (Å²) < 4.78 is 12.6. The molecule has 0 atom stereocenters. The lowest BCUT2D eigenvalue weighted by Crippen LogP contribution is -1.86. The number of halogens is 1. The van der Waals surface area contributed by atoms with Crippen LogP contribution in [0.4, 0.5) is 4.39 Å². The van der Waals surface area contributed by atoms with Crippen molar-refractivity contribution in [2.75, 3.05) is 0 Å². The van der Waals surface area contributed by atoms with E-state index in [0.29, 0.717) is 6.29 Å². The number of aryl methyl sites for hydroxylation is 1. The maximum absolute atomic E-state index is 12.6. The summed E-state index contributed by atoms with van der Waals surface area (Å²) in [6.07, 6.45) is 0.509. The van der Waals surface area contributed by atoms with E-state index in [-0.39, 0.29) is 5.56 Å². The minimum Gasteiger partial charge on any atom is -0.298 e. The second-order valence-corrected chi connectivity index (χ2v) is 2.14. The lowest BCUT2D eigenvalue weighted by atomic mass is 10.1. The number of benzene rings is 1. The average molecular weight is 137 g/mol. The van der Waals surface area contributed by atoms with Crippen LogP contribution >= 0.6 is 0 Å². The number of aldehydes is 1. The number of carbonyl (C=O) groups excluding carboxylic acids is 1. The van der Waals surface area contributed by atoms with E-state index in [1.807, 2.05) is 0 Å². The third-order valence-electron chi connectivity index (χ3n) is 1.28. The van der Waals surface area contributed by atoms with Gasteiger partial charge in [-0.1, -0.05) is 6.07 Å². The molecule has 1 aromatic rings. The molecular formula is C8H7FO. The molecule has 10 heavy (non-hydrogen) atoms. The van der Waals surface area contributed by atoms with E-state index in [9.17, 15) is 9.18 Å². The van der Waals surface area contributed by atoms with Crippen LogP contribution in [0, 0.1) is 12.7 Å². The molecular weight excluding hydrogens is 130 g/mol. The van der Waals surface area contributed by atoms with Gasteiger partial charge in [0, 0.05) is 0 Å². The monoisotopic (exact) mass is 137 g/mol. The van der Waals surface area contributed by atoms with Gasteiger partial charge in [-0.05, 0) is 24.6 Å². The first-order chi connectivity index (χ1) is 4.74. The molecule has 0 aromatic heterocycles. The molecule has 0 fully saturated rings. The van der Waals surface area contributed by atoms with Crippen LogP contribution in [0.15, 0.2) is 18.2 Å². The fraction of sp³-hybridized carbons (Fsp3) is 0.125. The largest absolute Gasteiger partial charge is 0.298 e. The Morgan fingerprint density at radius 1 is 1.50 bits per heavy atom. The Hall–Kier alpha value is -1.18. The van der Waals surface area contributed by atoms with Gasteiger partial charge in [0.15, 0.2) is 6.29 Å². The third-order valence-corrected chi connectivity index (χ3v) is 1.28. The predicted octanol–water partition coefficient (Wildman–Crippen LogP) is 1.95. The molecule has 2 heteroatoms.